The molecular formula is C17H23N3O2. The van der Waals surface area contributed by atoms with E-state index in [-0.39, 0.29) is 24.3 Å². The zero-order valence-electron chi connectivity index (χ0n) is 13.2. The summed E-state index contributed by atoms with van der Waals surface area (Å²) in [6, 6.07) is 9.28. The van der Waals surface area contributed by atoms with Gasteiger partial charge in [-0.3, -0.25) is 14.5 Å². The predicted molar refractivity (Wildman–Crippen MR) is 85.6 cm³/mol. The fourth-order valence-electron chi connectivity index (χ4n) is 3.44. The average Bonchev–Trinajstić information content (AvgIpc) is 2.83. The third kappa shape index (κ3) is 2.78. The average molecular weight is 301 g/mol. The molecule has 0 N–H and O–H groups in total. The van der Waals surface area contributed by atoms with Crippen LogP contribution in [0, 0.1) is 0 Å². The quantitative estimate of drug-likeness (QED) is 0.791. The maximum Gasteiger partial charge on any atom is 0.251 e. The fraction of sp³-hybridized carbons (Fsp3) is 0.529. The number of nitrogens with zero attached hydrogens (tertiary/aromatic N) is 3. The Morgan fingerprint density at radius 1 is 1.09 bits per heavy atom. The molecule has 1 aromatic rings. The standard InChI is InChI=1S/C17H23N3O2/c1-18-10-8-13(9-11-18)19(2)15-12-16(21)20(17(15)22)14-6-4-3-5-7-14/h3-7,13,15H,8-12H2,1-2H3/t15-/m1/s1. The smallest absolute Gasteiger partial charge is 0.251 e. The number of hydrogen-bond acceptors (Lipinski definition) is 4. The molecule has 0 radical (unpaired) electrons. The number of amides is 2. The van der Waals surface area contributed by atoms with Crippen LogP contribution in [0.5, 0.6) is 0 Å². The van der Waals surface area contributed by atoms with Crippen molar-refractivity contribution in [3.05, 3.63) is 30.3 Å². The van der Waals surface area contributed by atoms with Crippen molar-refractivity contribution in [2.45, 2.75) is 31.3 Å². The van der Waals surface area contributed by atoms with Gasteiger partial charge in [0.2, 0.25) is 5.91 Å². The normalized spacial score (nSPS) is 24.5. The first-order valence-corrected chi connectivity index (χ1v) is 7.90. The summed E-state index contributed by atoms with van der Waals surface area (Å²) in [5.74, 6) is -0.182. The highest BCUT2D eigenvalue weighted by molar-refractivity contribution is 6.22. The molecule has 0 spiro atoms. The molecule has 0 unspecified atom stereocenters. The molecule has 22 heavy (non-hydrogen) atoms. The van der Waals surface area contributed by atoms with E-state index in [0.29, 0.717) is 11.7 Å². The molecule has 0 bridgehead atoms. The lowest BCUT2D eigenvalue weighted by atomic mass is 10.0. The second-order valence-electron chi connectivity index (χ2n) is 6.32. The third-order valence-corrected chi connectivity index (χ3v) is 4.89. The summed E-state index contributed by atoms with van der Waals surface area (Å²) in [6.07, 6.45) is 2.39. The molecule has 3 rings (SSSR count). The number of anilines is 1. The van der Waals surface area contributed by atoms with Gasteiger partial charge >= 0.3 is 0 Å². The highest BCUT2D eigenvalue weighted by Gasteiger charge is 2.43. The first-order valence-electron chi connectivity index (χ1n) is 7.90. The molecule has 2 heterocycles. The van der Waals surface area contributed by atoms with Gasteiger partial charge in [0.25, 0.3) is 5.91 Å². The molecule has 5 nitrogen and oxygen atoms in total. The van der Waals surface area contributed by atoms with E-state index in [1.807, 2.05) is 37.4 Å². The molecule has 2 aliphatic heterocycles. The van der Waals surface area contributed by atoms with Gasteiger partial charge in [-0.15, -0.1) is 0 Å². The minimum atomic E-state index is -0.318. The molecule has 5 heteroatoms. The van der Waals surface area contributed by atoms with Crippen molar-refractivity contribution in [3.8, 4) is 0 Å². The lowest BCUT2D eigenvalue weighted by Crippen LogP contribution is -2.49. The molecule has 1 aromatic carbocycles. The number of carbonyl (C=O) groups excluding carboxylic acids is 2. The Balaban J connectivity index is 1.73. The zero-order valence-corrected chi connectivity index (χ0v) is 13.2. The fourth-order valence-corrected chi connectivity index (χ4v) is 3.44. The molecule has 2 saturated heterocycles. The highest BCUT2D eigenvalue weighted by Crippen LogP contribution is 2.27. The van der Waals surface area contributed by atoms with Crippen LogP contribution in [0.15, 0.2) is 30.3 Å². The maximum absolute atomic E-state index is 12.7. The van der Waals surface area contributed by atoms with Gasteiger partial charge < -0.3 is 4.90 Å². The summed E-state index contributed by atoms with van der Waals surface area (Å²) >= 11 is 0. The number of imide groups is 1. The van der Waals surface area contributed by atoms with Crippen LogP contribution >= 0.6 is 0 Å². The molecule has 2 amide bonds. The van der Waals surface area contributed by atoms with E-state index in [2.05, 4.69) is 16.8 Å². The van der Waals surface area contributed by atoms with Gasteiger partial charge in [0.15, 0.2) is 0 Å². The Hall–Kier alpha value is -1.72. The number of likely N-dealkylation sites (N-methyl/N-ethyl adjacent to an activating group) is 1. The Labute approximate surface area is 131 Å². The maximum atomic E-state index is 12.7. The number of benzene rings is 1. The zero-order chi connectivity index (χ0) is 15.7. The minimum Gasteiger partial charge on any atom is -0.306 e. The molecule has 0 aliphatic carbocycles. The number of hydrogen-bond donors (Lipinski definition) is 0. The number of piperidine rings is 1. The highest BCUT2D eigenvalue weighted by atomic mass is 16.2. The van der Waals surface area contributed by atoms with E-state index in [1.54, 1.807) is 0 Å². The van der Waals surface area contributed by atoms with Gasteiger partial charge in [0.05, 0.1) is 18.2 Å². The van der Waals surface area contributed by atoms with Crippen LogP contribution in [0.25, 0.3) is 0 Å². The van der Waals surface area contributed by atoms with Gasteiger partial charge in [-0.25, -0.2) is 4.90 Å². The summed E-state index contributed by atoms with van der Waals surface area (Å²) in [4.78, 5) is 30.8. The lowest BCUT2D eigenvalue weighted by molar-refractivity contribution is -0.123. The Kier molecular flexibility index (Phi) is 4.27. The Bertz CT molecular complexity index is 552. The Morgan fingerprint density at radius 3 is 2.36 bits per heavy atom. The number of likely N-dealkylation sites (tertiary alicyclic amines) is 1. The summed E-state index contributed by atoms with van der Waals surface area (Å²) in [5.41, 5.74) is 0.678. The van der Waals surface area contributed by atoms with Crippen LogP contribution in [-0.2, 0) is 9.59 Å². The van der Waals surface area contributed by atoms with Crippen LogP contribution in [-0.4, -0.2) is 60.9 Å². The molecule has 2 fully saturated rings. The van der Waals surface area contributed by atoms with Crippen molar-refractivity contribution in [1.82, 2.24) is 9.80 Å². The topological polar surface area (TPSA) is 43.9 Å². The van der Waals surface area contributed by atoms with E-state index in [0.717, 1.165) is 25.9 Å². The van der Waals surface area contributed by atoms with Crippen molar-refractivity contribution in [3.63, 3.8) is 0 Å². The molecular weight excluding hydrogens is 278 g/mol. The number of carbonyl (C=O) groups is 2. The number of rotatable bonds is 3. The van der Waals surface area contributed by atoms with Crippen molar-refractivity contribution in [1.29, 1.82) is 0 Å². The van der Waals surface area contributed by atoms with Crippen molar-refractivity contribution in [2.24, 2.45) is 0 Å². The molecule has 0 saturated carbocycles. The van der Waals surface area contributed by atoms with Gasteiger partial charge in [0.1, 0.15) is 0 Å². The van der Waals surface area contributed by atoms with Crippen molar-refractivity contribution >= 4 is 17.5 Å². The van der Waals surface area contributed by atoms with Gasteiger partial charge in [-0.2, -0.15) is 0 Å². The lowest BCUT2D eigenvalue weighted by Gasteiger charge is -2.37. The summed E-state index contributed by atoms with van der Waals surface area (Å²) in [6.45, 7) is 2.10. The first kappa shape index (κ1) is 15.2. The van der Waals surface area contributed by atoms with Gasteiger partial charge in [0, 0.05) is 6.04 Å². The second kappa shape index (κ2) is 6.18. The second-order valence-corrected chi connectivity index (χ2v) is 6.32. The summed E-state index contributed by atoms with van der Waals surface area (Å²) in [5, 5.41) is 0. The van der Waals surface area contributed by atoms with Crippen LogP contribution in [0.3, 0.4) is 0 Å². The van der Waals surface area contributed by atoms with Crippen LogP contribution in [0.4, 0.5) is 5.69 Å². The predicted octanol–water partition coefficient (Wildman–Crippen LogP) is 1.34. The molecule has 1 atom stereocenters. The summed E-state index contributed by atoms with van der Waals surface area (Å²) in [7, 11) is 4.11. The SMILES string of the molecule is CN1CCC(N(C)[C@@H]2CC(=O)N(c3ccccc3)C2=O)CC1. The van der Waals surface area contributed by atoms with E-state index < -0.39 is 0 Å². The van der Waals surface area contributed by atoms with Crippen LogP contribution in [0.1, 0.15) is 19.3 Å². The van der Waals surface area contributed by atoms with Crippen molar-refractivity contribution < 1.29 is 9.59 Å². The van der Waals surface area contributed by atoms with E-state index >= 15 is 0 Å². The Morgan fingerprint density at radius 2 is 1.73 bits per heavy atom. The largest absolute Gasteiger partial charge is 0.306 e. The minimum absolute atomic E-state index is 0.0855. The summed E-state index contributed by atoms with van der Waals surface area (Å²) < 4.78 is 0. The molecule has 2 aliphatic rings. The monoisotopic (exact) mass is 301 g/mol. The third-order valence-electron chi connectivity index (χ3n) is 4.89. The first-order chi connectivity index (χ1) is 10.6. The van der Waals surface area contributed by atoms with E-state index in [4.69, 9.17) is 0 Å². The molecule has 0 aromatic heterocycles. The van der Waals surface area contributed by atoms with Crippen LogP contribution < -0.4 is 4.90 Å². The van der Waals surface area contributed by atoms with Gasteiger partial charge in [-0.1, -0.05) is 18.2 Å². The number of para-hydroxylation sites is 1. The van der Waals surface area contributed by atoms with Crippen LogP contribution in [0.2, 0.25) is 0 Å². The van der Waals surface area contributed by atoms with E-state index in [9.17, 15) is 9.59 Å². The molecule has 118 valence electrons. The van der Waals surface area contributed by atoms with Crippen molar-refractivity contribution in [2.75, 3.05) is 32.1 Å². The van der Waals surface area contributed by atoms with E-state index in [1.165, 1.54) is 4.90 Å². The van der Waals surface area contributed by atoms with Gasteiger partial charge in [-0.05, 0) is 52.2 Å².